The van der Waals surface area contributed by atoms with Crippen LogP contribution in [-0.2, 0) is 11.2 Å². The van der Waals surface area contributed by atoms with Gasteiger partial charge in [0.05, 0.1) is 0 Å². The Kier molecular flexibility index (Phi) is 6.69. The summed E-state index contributed by atoms with van der Waals surface area (Å²) in [6, 6.07) is 7.84. The number of aryl methyl sites for hydroxylation is 2. The Morgan fingerprint density at radius 1 is 1.29 bits per heavy atom. The van der Waals surface area contributed by atoms with Crippen molar-refractivity contribution in [2.75, 3.05) is 25.6 Å². The minimum absolute atomic E-state index is 0.211. The number of amides is 1. The van der Waals surface area contributed by atoms with Crippen LogP contribution in [-0.4, -0.2) is 36.1 Å². The molecule has 24 heavy (non-hydrogen) atoms. The number of methoxy groups -OCH3 is 1. The molecular formula is C18H24N4O2. The number of hydrogen-bond acceptors (Lipinski definition) is 5. The molecule has 1 amide bonds. The standard InChI is InChI=1S/C18H24N4O2/c1-4-14-8-5-7-13(2)17(14)22-16-11-15(20-12-21-16)18(23)19-9-6-10-24-3/h5,7-8,11-12H,4,6,9-10H2,1-3H3,(H,19,23)(H,20,21,22). The highest BCUT2D eigenvalue weighted by Gasteiger charge is 2.10. The van der Waals surface area contributed by atoms with E-state index in [1.54, 1.807) is 13.2 Å². The molecule has 0 aliphatic heterocycles. The van der Waals surface area contributed by atoms with E-state index in [1.807, 2.05) is 19.1 Å². The van der Waals surface area contributed by atoms with Crippen LogP contribution in [0, 0.1) is 6.92 Å². The summed E-state index contributed by atoms with van der Waals surface area (Å²) < 4.78 is 4.96. The Labute approximate surface area is 142 Å². The SMILES string of the molecule is CCc1cccc(C)c1Nc1cc(C(=O)NCCCOC)ncn1. The minimum Gasteiger partial charge on any atom is -0.385 e. The first-order chi connectivity index (χ1) is 11.7. The highest BCUT2D eigenvalue weighted by molar-refractivity contribution is 5.93. The number of hydrogen-bond donors (Lipinski definition) is 2. The summed E-state index contributed by atoms with van der Waals surface area (Å²) in [7, 11) is 1.64. The van der Waals surface area contributed by atoms with Crippen molar-refractivity contribution in [3.8, 4) is 0 Å². The highest BCUT2D eigenvalue weighted by atomic mass is 16.5. The Morgan fingerprint density at radius 3 is 2.88 bits per heavy atom. The zero-order valence-electron chi connectivity index (χ0n) is 14.4. The smallest absolute Gasteiger partial charge is 0.270 e. The third-order valence-corrected chi connectivity index (χ3v) is 3.70. The molecule has 2 aromatic rings. The Hall–Kier alpha value is -2.47. The molecule has 6 nitrogen and oxygen atoms in total. The average molecular weight is 328 g/mol. The molecule has 2 N–H and O–H groups in total. The maximum absolute atomic E-state index is 12.1. The van der Waals surface area contributed by atoms with E-state index < -0.39 is 0 Å². The van der Waals surface area contributed by atoms with Crippen LogP contribution >= 0.6 is 0 Å². The average Bonchev–Trinajstić information content (AvgIpc) is 2.60. The number of benzene rings is 1. The van der Waals surface area contributed by atoms with Gasteiger partial charge in [0.15, 0.2) is 0 Å². The van der Waals surface area contributed by atoms with Crippen LogP contribution in [0.15, 0.2) is 30.6 Å². The van der Waals surface area contributed by atoms with Gasteiger partial charge in [0.2, 0.25) is 0 Å². The van der Waals surface area contributed by atoms with Gasteiger partial charge in [-0.3, -0.25) is 4.79 Å². The second-order valence-corrected chi connectivity index (χ2v) is 5.48. The molecule has 128 valence electrons. The summed E-state index contributed by atoms with van der Waals surface area (Å²) in [6.45, 7) is 5.33. The van der Waals surface area contributed by atoms with Gasteiger partial charge in [-0.1, -0.05) is 25.1 Å². The topological polar surface area (TPSA) is 76.1 Å². The fourth-order valence-electron chi connectivity index (χ4n) is 2.39. The number of carbonyl (C=O) groups is 1. The van der Waals surface area contributed by atoms with E-state index in [0.717, 1.165) is 24.1 Å². The van der Waals surface area contributed by atoms with E-state index in [4.69, 9.17) is 4.74 Å². The third-order valence-electron chi connectivity index (χ3n) is 3.70. The quantitative estimate of drug-likeness (QED) is 0.729. The van der Waals surface area contributed by atoms with Crippen molar-refractivity contribution >= 4 is 17.4 Å². The second kappa shape index (κ2) is 8.98. The van der Waals surface area contributed by atoms with Crippen molar-refractivity contribution in [3.63, 3.8) is 0 Å². The molecule has 0 atom stereocenters. The second-order valence-electron chi connectivity index (χ2n) is 5.48. The van der Waals surface area contributed by atoms with Crippen molar-refractivity contribution in [3.05, 3.63) is 47.4 Å². The minimum atomic E-state index is -0.211. The molecule has 0 aliphatic carbocycles. The molecule has 0 spiro atoms. The lowest BCUT2D eigenvalue weighted by Gasteiger charge is -2.13. The van der Waals surface area contributed by atoms with Gasteiger partial charge in [0, 0.05) is 32.0 Å². The molecule has 1 aromatic heterocycles. The van der Waals surface area contributed by atoms with E-state index in [-0.39, 0.29) is 5.91 Å². The van der Waals surface area contributed by atoms with Gasteiger partial charge in [-0.2, -0.15) is 0 Å². The lowest BCUT2D eigenvalue weighted by molar-refractivity contribution is 0.0943. The molecule has 0 saturated heterocycles. The van der Waals surface area contributed by atoms with E-state index in [0.29, 0.717) is 24.7 Å². The molecular weight excluding hydrogens is 304 g/mol. The van der Waals surface area contributed by atoms with Gasteiger partial charge in [0.1, 0.15) is 17.8 Å². The molecule has 0 fully saturated rings. The molecule has 0 radical (unpaired) electrons. The molecule has 6 heteroatoms. The van der Waals surface area contributed by atoms with Crippen LogP contribution in [0.25, 0.3) is 0 Å². The van der Waals surface area contributed by atoms with Crippen molar-refractivity contribution in [2.24, 2.45) is 0 Å². The monoisotopic (exact) mass is 328 g/mol. The van der Waals surface area contributed by atoms with Crippen molar-refractivity contribution in [2.45, 2.75) is 26.7 Å². The zero-order chi connectivity index (χ0) is 17.4. The van der Waals surface area contributed by atoms with Gasteiger partial charge in [-0.25, -0.2) is 9.97 Å². The maximum Gasteiger partial charge on any atom is 0.270 e. The first kappa shape index (κ1) is 17.9. The first-order valence-electron chi connectivity index (χ1n) is 8.10. The molecule has 1 heterocycles. The van der Waals surface area contributed by atoms with Gasteiger partial charge in [-0.05, 0) is 30.9 Å². The van der Waals surface area contributed by atoms with E-state index >= 15 is 0 Å². The van der Waals surface area contributed by atoms with Crippen LogP contribution in [0.5, 0.6) is 0 Å². The molecule has 0 bridgehead atoms. The lowest BCUT2D eigenvalue weighted by atomic mass is 10.1. The summed E-state index contributed by atoms with van der Waals surface area (Å²) in [4.78, 5) is 20.4. The predicted octanol–water partition coefficient (Wildman–Crippen LogP) is 2.86. The maximum atomic E-state index is 12.1. The molecule has 0 unspecified atom stereocenters. The fraction of sp³-hybridized carbons (Fsp3) is 0.389. The third kappa shape index (κ3) is 4.76. The van der Waals surface area contributed by atoms with Crippen molar-refractivity contribution < 1.29 is 9.53 Å². The van der Waals surface area contributed by atoms with Crippen LogP contribution in [0.4, 0.5) is 11.5 Å². The van der Waals surface area contributed by atoms with Gasteiger partial charge >= 0.3 is 0 Å². The largest absolute Gasteiger partial charge is 0.385 e. The number of ether oxygens (including phenoxy) is 1. The van der Waals surface area contributed by atoms with E-state index in [1.165, 1.54) is 11.9 Å². The van der Waals surface area contributed by atoms with Crippen LogP contribution in [0.3, 0.4) is 0 Å². The molecule has 0 saturated carbocycles. The van der Waals surface area contributed by atoms with Crippen LogP contribution in [0.1, 0.15) is 35.0 Å². The molecule has 2 rings (SSSR count). The first-order valence-corrected chi connectivity index (χ1v) is 8.10. The predicted molar refractivity (Wildman–Crippen MR) is 94.7 cm³/mol. The number of anilines is 2. The van der Waals surface area contributed by atoms with Crippen molar-refractivity contribution in [1.82, 2.24) is 15.3 Å². The van der Waals surface area contributed by atoms with Gasteiger partial charge in [0.25, 0.3) is 5.91 Å². The number of nitrogens with one attached hydrogen (secondary N) is 2. The summed E-state index contributed by atoms with van der Waals surface area (Å²) in [5.74, 6) is 0.396. The number of para-hydroxylation sites is 1. The Bertz CT molecular complexity index is 688. The Balaban J connectivity index is 2.09. The lowest BCUT2D eigenvalue weighted by Crippen LogP contribution is -2.26. The fourth-order valence-corrected chi connectivity index (χ4v) is 2.39. The summed E-state index contributed by atoms with van der Waals surface area (Å²) in [5, 5.41) is 6.13. The summed E-state index contributed by atoms with van der Waals surface area (Å²) in [5.41, 5.74) is 3.72. The molecule has 1 aromatic carbocycles. The number of nitrogens with zero attached hydrogens (tertiary/aromatic N) is 2. The molecule has 0 aliphatic rings. The number of rotatable bonds is 8. The summed E-state index contributed by atoms with van der Waals surface area (Å²) >= 11 is 0. The highest BCUT2D eigenvalue weighted by Crippen LogP contribution is 2.24. The Morgan fingerprint density at radius 2 is 2.12 bits per heavy atom. The van der Waals surface area contributed by atoms with Crippen LogP contribution in [0.2, 0.25) is 0 Å². The van der Waals surface area contributed by atoms with E-state index in [9.17, 15) is 4.79 Å². The summed E-state index contributed by atoms with van der Waals surface area (Å²) in [6.07, 6.45) is 3.08. The zero-order valence-corrected chi connectivity index (χ0v) is 14.4. The van der Waals surface area contributed by atoms with Gasteiger partial charge in [-0.15, -0.1) is 0 Å². The van der Waals surface area contributed by atoms with Crippen molar-refractivity contribution in [1.29, 1.82) is 0 Å². The number of carbonyl (C=O) groups excluding carboxylic acids is 1. The van der Waals surface area contributed by atoms with Gasteiger partial charge < -0.3 is 15.4 Å². The number of aromatic nitrogens is 2. The van der Waals surface area contributed by atoms with E-state index in [2.05, 4.69) is 33.6 Å². The van der Waals surface area contributed by atoms with Crippen LogP contribution < -0.4 is 10.6 Å². The normalized spacial score (nSPS) is 10.5.